The molecule has 1 unspecified atom stereocenters. The van der Waals surface area contributed by atoms with Crippen molar-refractivity contribution < 1.29 is 33.7 Å². The summed E-state index contributed by atoms with van der Waals surface area (Å²) in [5, 5.41) is 11.7. The third kappa shape index (κ3) is 6.33. The Bertz CT molecular complexity index is 1510. The highest BCUT2D eigenvalue weighted by Crippen LogP contribution is 2.45. The molecule has 10 heteroatoms. The number of aliphatic hydroxyl groups is 1. The molecule has 1 fully saturated rings. The highest BCUT2D eigenvalue weighted by atomic mass is 32.1. The Labute approximate surface area is 249 Å². The van der Waals surface area contributed by atoms with Crippen molar-refractivity contribution in [3.63, 3.8) is 0 Å². The molecule has 1 aliphatic rings. The molecule has 1 aliphatic heterocycles. The number of nitrogens with zero attached hydrogens (tertiary/aromatic N) is 2. The minimum atomic E-state index is -1.04. The minimum Gasteiger partial charge on any atom is -0.507 e. The molecule has 0 bridgehead atoms. The van der Waals surface area contributed by atoms with E-state index in [1.165, 1.54) is 11.8 Å². The van der Waals surface area contributed by atoms with Crippen LogP contribution in [0.2, 0.25) is 0 Å². The van der Waals surface area contributed by atoms with Gasteiger partial charge in [-0.15, -0.1) is 0 Å². The number of ether oxygens (including phenoxy) is 3. The first-order valence-electron chi connectivity index (χ1n) is 14.0. The first kappa shape index (κ1) is 30.8. The second-order valence-corrected chi connectivity index (χ2v) is 11.2. The number of hydrogen-bond acceptors (Lipinski definition) is 9. The molecule has 3 aromatic rings. The summed E-state index contributed by atoms with van der Waals surface area (Å²) in [5.41, 5.74) is 1.22. The zero-order valence-electron chi connectivity index (χ0n) is 24.7. The van der Waals surface area contributed by atoms with E-state index in [9.17, 15) is 19.5 Å². The van der Waals surface area contributed by atoms with E-state index in [-0.39, 0.29) is 22.2 Å². The van der Waals surface area contributed by atoms with Crippen LogP contribution in [-0.2, 0) is 9.59 Å². The molecule has 2 aromatic carbocycles. The minimum absolute atomic E-state index is 0.0997. The van der Waals surface area contributed by atoms with Gasteiger partial charge in [-0.3, -0.25) is 19.3 Å². The Morgan fingerprint density at radius 2 is 1.71 bits per heavy atom. The van der Waals surface area contributed by atoms with Gasteiger partial charge in [0, 0.05) is 12.5 Å². The number of aliphatic hydroxyl groups excluding tert-OH is 1. The lowest BCUT2D eigenvalue weighted by Gasteiger charge is -2.24. The summed E-state index contributed by atoms with van der Waals surface area (Å²) in [6.07, 6.45) is 0.859. The highest BCUT2D eigenvalue weighted by Gasteiger charge is 2.48. The molecule has 4 rings (SSSR count). The van der Waals surface area contributed by atoms with E-state index in [2.05, 4.69) is 18.8 Å². The summed E-state index contributed by atoms with van der Waals surface area (Å²) in [6, 6.07) is 10.8. The molecule has 1 atom stereocenters. The van der Waals surface area contributed by atoms with Crippen molar-refractivity contribution in [2.24, 2.45) is 5.92 Å². The van der Waals surface area contributed by atoms with Crippen LogP contribution < -0.4 is 19.1 Å². The molecule has 222 valence electrons. The second kappa shape index (κ2) is 13.2. The van der Waals surface area contributed by atoms with E-state index < -0.39 is 17.7 Å². The van der Waals surface area contributed by atoms with E-state index in [1.807, 2.05) is 13.8 Å². The first-order valence-corrected chi connectivity index (χ1v) is 14.8. The van der Waals surface area contributed by atoms with Crippen LogP contribution in [0, 0.1) is 12.8 Å². The molecule has 1 aromatic heterocycles. The Morgan fingerprint density at radius 1 is 1.02 bits per heavy atom. The molecule has 0 saturated carbocycles. The quantitative estimate of drug-likeness (QED) is 0.110. The van der Waals surface area contributed by atoms with E-state index >= 15 is 0 Å². The number of carbonyl (C=O) groups is 3. The van der Waals surface area contributed by atoms with Gasteiger partial charge in [0.25, 0.3) is 5.78 Å². The number of Topliss-reactive ketones (excluding diaryl/α,β-unsaturated/α-hetero) is 2. The van der Waals surface area contributed by atoms with Crippen LogP contribution in [0.1, 0.15) is 73.6 Å². The number of anilines is 1. The predicted octanol–water partition coefficient (Wildman–Crippen LogP) is 6.50. The lowest BCUT2D eigenvalue weighted by atomic mass is 9.95. The zero-order valence-corrected chi connectivity index (χ0v) is 25.5. The van der Waals surface area contributed by atoms with Crippen LogP contribution >= 0.6 is 11.3 Å². The first-order chi connectivity index (χ1) is 20.1. The summed E-state index contributed by atoms with van der Waals surface area (Å²) in [7, 11) is 0. The van der Waals surface area contributed by atoms with Gasteiger partial charge in [0.2, 0.25) is 0 Å². The third-order valence-electron chi connectivity index (χ3n) is 6.73. The average Bonchev–Trinajstić information content (AvgIpc) is 3.46. The molecule has 1 N–H and O–H groups in total. The molecule has 42 heavy (non-hydrogen) atoms. The number of ketones is 2. The summed E-state index contributed by atoms with van der Waals surface area (Å²) in [4.78, 5) is 45.5. The van der Waals surface area contributed by atoms with Gasteiger partial charge in [-0.1, -0.05) is 31.3 Å². The van der Waals surface area contributed by atoms with Crippen LogP contribution in [0.25, 0.3) is 5.76 Å². The number of benzene rings is 2. The van der Waals surface area contributed by atoms with E-state index in [4.69, 9.17) is 14.2 Å². The largest absolute Gasteiger partial charge is 0.507 e. The van der Waals surface area contributed by atoms with Crippen LogP contribution in [0.5, 0.6) is 17.2 Å². The maximum absolute atomic E-state index is 13.6. The number of carbonyl (C=O) groups excluding carboxylic acids is 3. The predicted molar refractivity (Wildman–Crippen MR) is 162 cm³/mol. The topological polar surface area (TPSA) is 115 Å². The van der Waals surface area contributed by atoms with Crippen LogP contribution in [-0.4, -0.2) is 47.4 Å². The normalized spacial score (nSPS) is 16.3. The molecule has 0 spiro atoms. The van der Waals surface area contributed by atoms with Gasteiger partial charge in [-0.25, -0.2) is 4.98 Å². The smallest absolute Gasteiger partial charge is 0.301 e. The molecule has 0 radical (unpaired) electrons. The van der Waals surface area contributed by atoms with Crippen LogP contribution in [0.15, 0.2) is 48.0 Å². The van der Waals surface area contributed by atoms with Crippen molar-refractivity contribution in [3.05, 3.63) is 69.7 Å². The van der Waals surface area contributed by atoms with Gasteiger partial charge in [-0.05, 0) is 75.1 Å². The van der Waals surface area contributed by atoms with Crippen molar-refractivity contribution in [1.29, 1.82) is 0 Å². The summed E-state index contributed by atoms with van der Waals surface area (Å²) in [5.74, 6) is -0.192. The number of aryl methyl sites for hydroxylation is 1. The standard InChI is InChI=1S/C32H36N2O7S/c1-7-39-23-12-9-21(10-13-23)28(36)26-27(22-11-14-24(25(17-22)40-8-2)41-16-15-18(3)4)34(31(38)29(26)37)32-33-19(5)30(42-32)20(6)35/h9-14,17-18,27,36H,7-8,15-16H2,1-6H3. The van der Waals surface area contributed by atoms with Gasteiger partial charge in [-0.2, -0.15) is 0 Å². The molecule has 0 aliphatic carbocycles. The lowest BCUT2D eigenvalue weighted by molar-refractivity contribution is -0.132. The Balaban J connectivity index is 1.88. The van der Waals surface area contributed by atoms with Gasteiger partial charge in [0.15, 0.2) is 22.4 Å². The maximum Gasteiger partial charge on any atom is 0.301 e. The lowest BCUT2D eigenvalue weighted by Crippen LogP contribution is -2.29. The van der Waals surface area contributed by atoms with Crippen molar-refractivity contribution in [1.82, 2.24) is 4.98 Å². The monoisotopic (exact) mass is 592 g/mol. The van der Waals surface area contributed by atoms with Gasteiger partial charge in [0.05, 0.1) is 42.0 Å². The SMILES string of the molecule is CCOc1ccc(C(O)=C2C(=O)C(=O)N(c3nc(C)c(C(C)=O)s3)C2c2ccc(OCCC(C)C)c(OCC)c2)cc1. The van der Waals surface area contributed by atoms with E-state index in [0.717, 1.165) is 17.8 Å². The molecule has 1 saturated heterocycles. The second-order valence-electron chi connectivity index (χ2n) is 10.3. The fraction of sp³-hybridized carbons (Fsp3) is 0.375. The average molecular weight is 593 g/mol. The van der Waals surface area contributed by atoms with Gasteiger partial charge >= 0.3 is 5.91 Å². The summed E-state index contributed by atoms with van der Waals surface area (Å²) in [6.45, 7) is 12.4. The maximum atomic E-state index is 13.6. The van der Waals surface area contributed by atoms with Gasteiger partial charge in [0.1, 0.15) is 11.5 Å². The van der Waals surface area contributed by atoms with E-state index in [0.29, 0.717) is 64.7 Å². The van der Waals surface area contributed by atoms with E-state index in [1.54, 1.807) is 49.4 Å². The van der Waals surface area contributed by atoms with Crippen molar-refractivity contribution in [2.75, 3.05) is 24.7 Å². The molecule has 9 nitrogen and oxygen atoms in total. The number of aromatic nitrogens is 1. The van der Waals surface area contributed by atoms with Gasteiger partial charge < -0.3 is 19.3 Å². The Hall–Kier alpha value is -4.18. The van der Waals surface area contributed by atoms with Crippen molar-refractivity contribution in [3.8, 4) is 17.2 Å². The molecular formula is C32H36N2O7S. The molecule has 1 amide bonds. The van der Waals surface area contributed by atoms with Crippen molar-refractivity contribution >= 4 is 39.7 Å². The Kier molecular flexibility index (Phi) is 9.67. The summed E-state index contributed by atoms with van der Waals surface area (Å²) >= 11 is 1.03. The molecule has 2 heterocycles. The van der Waals surface area contributed by atoms with Crippen LogP contribution in [0.3, 0.4) is 0 Å². The van der Waals surface area contributed by atoms with Crippen molar-refractivity contribution in [2.45, 2.75) is 54.0 Å². The highest BCUT2D eigenvalue weighted by molar-refractivity contribution is 7.18. The number of amides is 1. The fourth-order valence-electron chi connectivity index (χ4n) is 4.68. The Morgan fingerprint density at radius 3 is 2.31 bits per heavy atom. The van der Waals surface area contributed by atoms with Crippen LogP contribution in [0.4, 0.5) is 5.13 Å². The summed E-state index contributed by atoms with van der Waals surface area (Å²) < 4.78 is 17.4. The zero-order chi connectivity index (χ0) is 30.6. The molecular weight excluding hydrogens is 556 g/mol. The third-order valence-corrected chi connectivity index (χ3v) is 7.99. The fourth-order valence-corrected chi connectivity index (χ4v) is 5.66. The number of hydrogen-bond donors (Lipinski definition) is 1. The number of thiazole rings is 1. The number of rotatable bonds is 12.